The van der Waals surface area contributed by atoms with Crippen molar-refractivity contribution in [2.45, 2.75) is 67.8 Å². The van der Waals surface area contributed by atoms with Crippen molar-refractivity contribution in [2.75, 3.05) is 20.3 Å². The van der Waals surface area contributed by atoms with E-state index in [4.69, 9.17) is 42.7 Å². The van der Waals surface area contributed by atoms with E-state index in [0.717, 1.165) is 30.3 Å². The van der Waals surface area contributed by atoms with Crippen LogP contribution in [0.4, 0.5) is 0 Å². The highest BCUT2D eigenvalue weighted by atomic mass is 16.7. The zero-order valence-corrected chi connectivity index (χ0v) is 32.2. The van der Waals surface area contributed by atoms with E-state index in [0.29, 0.717) is 5.56 Å². The lowest BCUT2D eigenvalue weighted by Gasteiger charge is -2.40. The van der Waals surface area contributed by atoms with Gasteiger partial charge in [0.25, 0.3) is 0 Å². The summed E-state index contributed by atoms with van der Waals surface area (Å²) in [5.74, 6) is -6.15. The molecule has 0 radical (unpaired) electrons. The minimum atomic E-state index is -1.98. The first-order chi connectivity index (χ1) is 29.4. The number of rotatable bonds is 14. The molecule has 332 valence electrons. The smallest absolute Gasteiger partial charge is 0.402 e. The maximum atomic E-state index is 12.6. The van der Waals surface area contributed by atoms with Crippen LogP contribution in [0.5, 0.6) is 40.2 Å². The number of hydrogen-bond acceptors (Lipinski definition) is 20. The van der Waals surface area contributed by atoms with E-state index in [1.54, 1.807) is 0 Å². The number of benzene rings is 3. The van der Waals surface area contributed by atoms with Crippen molar-refractivity contribution in [1.82, 2.24) is 0 Å². The van der Waals surface area contributed by atoms with Crippen LogP contribution < -0.4 is 14.2 Å². The fourth-order valence-electron chi connectivity index (χ4n) is 6.30. The first kappa shape index (κ1) is 45.0. The number of hydrogen-bond donors (Lipinski definition) is 11. The van der Waals surface area contributed by atoms with Crippen molar-refractivity contribution in [3.63, 3.8) is 0 Å². The molecule has 22 nitrogen and oxygen atoms in total. The number of aliphatic carboxylic acids is 1. The Labute approximate surface area is 348 Å². The van der Waals surface area contributed by atoms with Gasteiger partial charge in [-0.3, -0.25) is 9.59 Å². The average molecular weight is 874 g/mol. The average Bonchev–Trinajstić information content (AvgIpc) is 3.23. The molecule has 0 saturated carbocycles. The summed E-state index contributed by atoms with van der Waals surface area (Å²) >= 11 is 0. The number of carboxylic acid groups (broad SMARTS) is 1. The van der Waals surface area contributed by atoms with Gasteiger partial charge in [0.05, 0.1) is 18.7 Å². The Morgan fingerprint density at radius 1 is 0.677 bits per heavy atom. The molecule has 1 aromatic heterocycles. The van der Waals surface area contributed by atoms with Gasteiger partial charge in [0.2, 0.25) is 18.3 Å². The molecular weight excluding hydrogens is 832 g/mol. The summed E-state index contributed by atoms with van der Waals surface area (Å²) in [6.45, 7) is -1.45. The highest BCUT2D eigenvalue weighted by Crippen LogP contribution is 2.43. The maximum absolute atomic E-state index is 12.6. The van der Waals surface area contributed by atoms with Crippen LogP contribution >= 0.6 is 0 Å². The Morgan fingerprint density at radius 3 is 1.90 bits per heavy atom. The van der Waals surface area contributed by atoms with Crippen LogP contribution in [0.2, 0.25) is 0 Å². The van der Waals surface area contributed by atoms with E-state index >= 15 is 0 Å². The monoisotopic (exact) mass is 873 g/mol. The molecular formula is C40H41O22+. The normalized spacial score (nSPS) is 26.2. The second kappa shape index (κ2) is 19.0. The Hall–Kier alpha value is -6.50. The predicted octanol–water partition coefficient (Wildman–Crippen LogP) is -0.141. The summed E-state index contributed by atoms with van der Waals surface area (Å²) in [4.78, 5) is 35.3. The van der Waals surface area contributed by atoms with Crippen LogP contribution in [-0.4, -0.2) is 156 Å². The molecule has 0 bridgehead atoms. The zero-order valence-electron chi connectivity index (χ0n) is 32.2. The molecule has 10 atom stereocenters. The van der Waals surface area contributed by atoms with Gasteiger partial charge in [0, 0.05) is 24.3 Å². The van der Waals surface area contributed by atoms with E-state index in [9.17, 15) is 65.4 Å². The summed E-state index contributed by atoms with van der Waals surface area (Å²) in [6.07, 6.45) is -17.0. The molecule has 22 heteroatoms. The van der Waals surface area contributed by atoms with Gasteiger partial charge in [-0.2, -0.15) is 0 Å². The van der Waals surface area contributed by atoms with E-state index < -0.39 is 116 Å². The van der Waals surface area contributed by atoms with Gasteiger partial charge < -0.3 is 89.3 Å². The van der Waals surface area contributed by atoms with Crippen LogP contribution in [-0.2, 0) is 33.3 Å². The predicted molar refractivity (Wildman–Crippen MR) is 204 cm³/mol. The van der Waals surface area contributed by atoms with Crippen molar-refractivity contribution >= 4 is 35.0 Å². The summed E-state index contributed by atoms with van der Waals surface area (Å²) in [5.41, 5.74) is 0.310. The zero-order chi connectivity index (χ0) is 45.0. The number of carbonyl (C=O) groups is 3. The molecule has 2 aliphatic rings. The van der Waals surface area contributed by atoms with Gasteiger partial charge in [-0.05, 0) is 35.9 Å². The highest BCUT2D eigenvalue weighted by Gasteiger charge is 2.48. The van der Waals surface area contributed by atoms with E-state index in [1.165, 1.54) is 43.5 Å². The number of aliphatic hydroxyl groups is 6. The fourth-order valence-corrected chi connectivity index (χ4v) is 6.30. The fraction of sp³-hybridized carbons (Fsp3) is 0.350. The van der Waals surface area contributed by atoms with Crippen LogP contribution in [0.15, 0.2) is 65.1 Å². The largest absolute Gasteiger partial charge is 0.507 e. The molecule has 11 N–H and O–H groups in total. The summed E-state index contributed by atoms with van der Waals surface area (Å²) in [5, 5.41) is 114. The third-order valence-electron chi connectivity index (χ3n) is 9.57. The topological polar surface area (TPSA) is 350 Å². The number of esters is 2. The molecule has 0 spiro atoms. The summed E-state index contributed by atoms with van der Waals surface area (Å²) < 4.78 is 44.4. The van der Waals surface area contributed by atoms with Gasteiger partial charge in [0.15, 0.2) is 23.0 Å². The second-order valence-corrected chi connectivity index (χ2v) is 13.9. The van der Waals surface area contributed by atoms with Crippen molar-refractivity contribution in [3.05, 3.63) is 66.2 Å². The number of phenols is 4. The van der Waals surface area contributed by atoms with Gasteiger partial charge >= 0.3 is 29.3 Å². The molecule has 2 fully saturated rings. The minimum Gasteiger partial charge on any atom is -0.507 e. The van der Waals surface area contributed by atoms with Crippen LogP contribution in [0, 0.1) is 0 Å². The van der Waals surface area contributed by atoms with Gasteiger partial charge in [-0.1, -0.05) is 6.07 Å². The van der Waals surface area contributed by atoms with Gasteiger partial charge in [-0.25, -0.2) is 9.21 Å². The molecule has 3 heterocycles. The SMILES string of the molecule is COc1cc(C=CC(=O)OCC2OC(Oc3cc4c(OC5OC(COC(=O)CC(=O)O)C(O)C(O)C5O)cc(O)cc4[o+]c3-c3ccc(O)c(O)c3)C(O)C(O)C2O)ccc1O. The second-order valence-electron chi connectivity index (χ2n) is 13.9. The molecule has 10 unspecified atom stereocenters. The lowest BCUT2D eigenvalue weighted by molar-refractivity contribution is -0.278. The summed E-state index contributed by atoms with van der Waals surface area (Å²) in [6, 6.07) is 11.1. The number of aromatic hydroxyl groups is 4. The molecule has 62 heavy (non-hydrogen) atoms. The van der Waals surface area contributed by atoms with Crippen LogP contribution in [0.1, 0.15) is 12.0 Å². The van der Waals surface area contributed by atoms with Crippen molar-refractivity contribution in [3.8, 4) is 51.6 Å². The number of phenolic OH excluding ortho intramolecular Hbond substituents is 4. The molecule has 3 aromatic carbocycles. The van der Waals surface area contributed by atoms with E-state index in [1.807, 2.05) is 0 Å². The number of carboxylic acids is 1. The van der Waals surface area contributed by atoms with Crippen molar-refractivity contribution in [1.29, 1.82) is 0 Å². The molecule has 2 saturated heterocycles. The number of carbonyl (C=O) groups excluding carboxylic acids is 2. The first-order valence-corrected chi connectivity index (χ1v) is 18.4. The molecule has 2 aliphatic heterocycles. The Bertz CT molecular complexity index is 2310. The highest BCUT2D eigenvalue weighted by molar-refractivity contribution is 5.90. The Morgan fingerprint density at radius 2 is 1.29 bits per heavy atom. The standard InChI is InChI=1S/C40H40O22/c1-55-25-8-16(2-5-21(25)43)3-7-30(47)56-14-27-32(49)35(52)37(54)40(62-27)60-26-12-19-23(58-38(26)17-4-6-20(42)22(44)9-17)10-18(41)11-24(19)59-39-36(53)34(51)33(50)28(61-39)15-57-31(48)13-29(45)46/h2-12,27-28,32-37,39-40,49-54H,13-15H2,1H3,(H4-,41,42,43,44,45,46,47)/p+1. The molecule has 4 aromatic rings. The first-order valence-electron chi connectivity index (χ1n) is 18.4. The number of ether oxygens (including phenoxy) is 7. The lowest BCUT2D eigenvalue weighted by Crippen LogP contribution is -2.60. The maximum Gasteiger partial charge on any atom is 0.402 e. The van der Waals surface area contributed by atoms with Crippen molar-refractivity contribution in [2.24, 2.45) is 0 Å². The van der Waals surface area contributed by atoms with Crippen molar-refractivity contribution < 1.29 is 108 Å². The summed E-state index contributed by atoms with van der Waals surface area (Å²) in [7, 11) is 1.34. The Balaban J connectivity index is 1.29. The minimum absolute atomic E-state index is 0.0286. The third-order valence-corrected chi connectivity index (χ3v) is 9.57. The number of fused-ring (bicyclic) bond motifs is 1. The number of aliphatic hydroxyl groups excluding tert-OH is 6. The Kier molecular flexibility index (Phi) is 13.8. The molecule has 0 aliphatic carbocycles. The molecule has 6 rings (SSSR count). The lowest BCUT2D eigenvalue weighted by atomic mass is 9.99. The van der Waals surface area contributed by atoms with E-state index in [-0.39, 0.29) is 45.3 Å². The third kappa shape index (κ3) is 10.2. The van der Waals surface area contributed by atoms with Crippen LogP contribution in [0.25, 0.3) is 28.4 Å². The van der Waals surface area contributed by atoms with Gasteiger partial charge in [0.1, 0.15) is 85.4 Å². The quantitative estimate of drug-likeness (QED) is 0.0258. The van der Waals surface area contributed by atoms with Crippen LogP contribution in [0.3, 0.4) is 0 Å². The molecule has 0 amide bonds. The van der Waals surface area contributed by atoms with E-state index in [2.05, 4.69) is 0 Å². The van der Waals surface area contributed by atoms with Gasteiger partial charge in [-0.15, -0.1) is 0 Å². The number of methoxy groups -OCH3 is 1.